The van der Waals surface area contributed by atoms with Gasteiger partial charge in [0.05, 0.1) is 28.1 Å². The smallest absolute Gasteiger partial charge is 0.0966 e. The maximum absolute atomic E-state index is 2.43. The molecule has 0 atom stereocenters. The van der Waals surface area contributed by atoms with Gasteiger partial charge in [-0.2, -0.15) is 0 Å². The zero-order valence-corrected chi connectivity index (χ0v) is 17.6. The van der Waals surface area contributed by atoms with E-state index in [2.05, 4.69) is 124 Å². The minimum Gasteiger partial charge on any atom is -0.328 e. The molecule has 0 saturated carbocycles. The average molecular weight is 410 g/mol. The van der Waals surface area contributed by atoms with E-state index in [0.29, 0.717) is 0 Å². The fraction of sp³-hybridized carbons (Fsp3) is 0.0333. The monoisotopic (exact) mass is 409 g/mol. The molecule has 6 aromatic rings. The summed E-state index contributed by atoms with van der Waals surface area (Å²) >= 11 is 0. The maximum Gasteiger partial charge on any atom is 0.0966 e. The standard InChI is InChI=1S/C30H21N2/c1-5-16-27-23(12-1)24-13-2-6-17-28(24)31(27)21-10-9-11-22(20-21)32-29-18-7-3-14-25(29)26-15-4-8-19-30(26)32/h1-19H,20H2. The Hall–Kier alpha value is -4.04. The predicted octanol–water partition coefficient (Wildman–Crippen LogP) is 7.78. The van der Waals surface area contributed by atoms with Crippen LogP contribution in [0.5, 0.6) is 0 Å². The number of para-hydroxylation sites is 4. The summed E-state index contributed by atoms with van der Waals surface area (Å²) in [5.74, 6) is 0. The van der Waals surface area contributed by atoms with E-state index in [-0.39, 0.29) is 0 Å². The van der Waals surface area contributed by atoms with Gasteiger partial charge in [0.2, 0.25) is 0 Å². The second-order valence-electron chi connectivity index (χ2n) is 8.42. The fourth-order valence-electron chi connectivity index (χ4n) is 5.34. The van der Waals surface area contributed by atoms with E-state index >= 15 is 0 Å². The third-order valence-electron chi connectivity index (χ3n) is 6.67. The van der Waals surface area contributed by atoms with Crippen LogP contribution in [0.15, 0.2) is 115 Å². The van der Waals surface area contributed by atoms with Gasteiger partial charge in [-0.3, -0.25) is 0 Å². The molecule has 2 heterocycles. The summed E-state index contributed by atoms with van der Waals surface area (Å²) in [6, 6.07) is 36.2. The van der Waals surface area contributed by atoms with Crippen molar-refractivity contribution in [2.24, 2.45) is 0 Å². The first-order chi connectivity index (χ1) is 15.9. The average Bonchev–Trinajstić information content (AvgIpc) is 3.37. The van der Waals surface area contributed by atoms with Gasteiger partial charge < -0.3 is 9.13 Å². The third-order valence-corrected chi connectivity index (χ3v) is 6.67. The van der Waals surface area contributed by atoms with Crippen LogP contribution in [0, 0.1) is 6.04 Å². The van der Waals surface area contributed by atoms with Crippen molar-refractivity contribution in [1.29, 1.82) is 0 Å². The van der Waals surface area contributed by atoms with Crippen molar-refractivity contribution >= 4 is 49.3 Å². The summed E-state index contributed by atoms with van der Waals surface area (Å²) < 4.78 is 4.87. The molecule has 151 valence electrons. The number of rotatable bonds is 2. The van der Waals surface area contributed by atoms with Gasteiger partial charge in [-0.25, -0.2) is 0 Å². The largest absolute Gasteiger partial charge is 0.328 e. The molecule has 0 fully saturated rings. The van der Waals surface area contributed by atoms with Gasteiger partial charge in [0.25, 0.3) is 0 Å². The Morgan fingerprint density at radius 1 is 0.469 bits per heavy atom. The summed E-state index contributed by atoms with van der Waals surface area (Å²) in [5.41, 5.74) is 6.34. The highest BCUT2D eigenvalue weighted by Gasteiger charge is 2.22. The second kappa shape index (κ2) is 6.73. The molecular weight excluding hydrogens is 388 g/mol. The Morgan fingerprint density at radius 3 is 1.34 bits per heavy atom. The summed E-state index contributed by atoms with van der Waals surface area (Å²) in [6.45, 7) is 0. The highest BCUT2D eigenvalue weighted by atomic mass is 15.0. The van der Waals surface area contributed by atoms with Crippen molar-refractivity contribution in [1.82, 2.24) is 9.13 Å². The van der Waals surface area contributed by atoms with E-state index in [0.717, 1.165) is 6.42 Å². The van der Waals surface area contributed by atoms with E-state index in [1.807, 2.05) is 0 Å². The molecule has 0 amide bonds. The van der Waals surface area contributed by atoms with Gasteiger partial charge in [-0.1, -0.05) is 84.9 Å². The van der Waals surface area contributed by atoms with Crippen molar-refractivity contribution in [3.8, 4) is 0 Å². The molecule has 0 N–H and O–H groups in total. The van der Waals surface area contributed by atoms with Crippen molar-refractivity contribution in [3.05, 3.63) is 121 Å². The Balaban J connectivity index is 1.43. The molecule has 2 nitrogen and oxygen atoms in total. The van der Waals surface area contributed by atoms with Crippen LogP contribution in [0.25, 0.3) is 49.3 Å². The van der Waals surface area contributed by atoms with Crippen LogP contribution in [-0.4, -0.2) is 9.13 Å². The molecular formula is C30H21N2. The Bertz CT molecular complexity index is 1600. The fourth-order valence-corrected chi connectivity index (χ4v) is 5.34. The Labute approximate surface area is 186 Å². The molecule has 4 aromatic carbocycles. The minimum atomic E-state index is 0.863. The first kappa shape index (κ1) is 17.6. The number of allylic oxidation sites excluding steroid dienone is 4. The van der Waals surface area contributed by atoms with Gasteiger partial charge in [0.15, 0.2) is 0 Å². The van der Waals surface area contributed by atoms with Gasteiger partial charge in [0.1, 0.15) is 0 Å². The van der Waals surface area contributed by atoms with Crippen LogP contribution >= 0.6 is 0 Å². The van der Waals surface area contributed by atoms with Crippen molar-refractivity contribution in [2.45, 2.75) is 6.42 Å². The van der Waals surface area contributed by atoms with E-state index in [9.17, 15) is 0 Å². The molecule has 0 aliphatic heterocycles. The minimum absolute atomic E-state index is 0.863. The van der Waals surface area contributed by atoms with Crippen LogP contribution in [0.1, 0.15) is 6.42 Å². The normalized spacial score (nSPS) is 14.7. The molecule has 0 saturated heterocycles. The third kappa shape index (κ3) is 2.41. The van der Waals surface area contributed by atoms with E-state index < -0.39 is 0 Å². The molecule has 2 heteroatoms. The molecule has 1 aliphatic rings. The first-order valence-electron chi connectivity index (χ1n) is 11.1. The van der Waals surface area contributed by atoms with Gasteiger partial charge in [-0.15, -0.1) is 0 Å². The SMILES string of the molecule is C1=C[C](n2c3ccccc3c3ccccc32)CC(n2c3ccccc3c3ccccc32)=C1. The molecule has 0 unspecified atom stereocenters. The Morgan fingerprint density at radius 2 is 0.875 bits per heavy atom. The van der Waals surface area contributed by atoms with Crippen LogP contribution in [0.4, 0.5) is 0 Å². The maximum atomic E-state index is 2.43. The number of hydrogen-bond donors (Lipinski definition) is 0. The lowest BCUT2D eigenvalue weighted by Crippen LogP contribution is -2.12. The molecule has 1 aliphatic carbocycles. The number of fused-ring (bicyclic) bond motifs is 6. The summed E-state index contributed by atoms with van der Waals surface area (Å²) in [7, 11) is 0. The summed E-state index contributed by atoms with van der Waals surface area (Å²) in [6.07, 6.45) is 7.58. The highest BCUT2D eigenvalue weighted by Crippen LogP contribution is 2.39. The highest BCUT2D eigenvalue weighted by molar-refractivity contribution is 6.11. The van der Waals surface area contributed by atoms with E-state index in [1.54, 1.807) is 0 Å². The number of nitrogens with zero attached hydrogens (tertiary/aromatic N) is 2. The zero-order chi connectivity index (χ0) is 21.1. The van der Waals surface area contributed by atoms with Crippen LogP contribution in [0.2, 0.25) is 0 Å². The van der Waals surface area contributed by atoms with Gasteiger partial charge in [-0.05, 0) is 30.3 Å². The zero-order valence-electron chi connectivity index (χ0n) is 17.6. The number of benzene rings is 4. The lowest BCUT2D eigenvalue weighted by molar-refractivity contribution is 0.855. The second-order valence-corrected chi connectivity index (χ2v) is 8.42. The van der Waals surface area contributed by atoms with Gasteiger partial charge >= 0.3 is 0 Å². The van der Waals surface area contributed by atoms with E-state index in [1.165, 1.54) is 55.4 Å². The van der Waals surface area contributed by atoms with Crippen molar-refractivity contribution in [2.75, 3.05) is 0 Å². The summed E-state index contributed by atoms with van der Waals surface area (Å²) in [4.78, 5) is 0. The molecule has 2 aromatic heterocycles. The molecule has 0 spiro atoms. The van der Waals surface area contributed by atoms with Crippen molar-refractivity contribution < 1.29 is 0 Å². The first-order valence-corrected chi connectivity index (χ1v) is 11.1. The quantitative estimate of drug-likeness (QED) is 0.276. The van der Waals surface area contributed by atoms with Crippen LogP contribution < -0.4 is 0 Å². The van der Waals surface area contributed by atoms with Crippen LogP contribution in [-0.2, 0) is 0 Å². The van der Waals surface area contributed by atoms with Crippen LogP contribution in [0.3, 0.4) is 0 Å². The van der Waals surface area contributed by atoms with E-state index in [4.69, 9.17) is 0 Å². The Kier molecular flexibility index (Phi) is 3.71. The topological polar surface area (TPSA) is 9.86 Å². The van der Waals surface area contributed by atoms with Crippen molar-refractivity contribution in [3.63, 3.8) is 0 Å². The summed E-state index contributed by atoms with van der Waals surface area (Å²) in [5, 5.41) is 5.21. The van der Waals surface area contributed by atoms with Gasteiger partial charge in [0, 0.05) is 33.7 Å². The number of hydrogen-bond acceptors (Lipinski definition) is 0. The number of aromatic nitrogens is 2. The molecule has 7 rings (SSSR count). The molecule has 0 bridgehead atoms. The lowest BCUT2D eigenvalue weighted by Gasteiger charge is -2.23. The lowest BCUT2D eigenvalue weighted by atomic mass is 10.0. The molecule has 1 radical (unpaired) electrons. The molecule has 32 heavy (non-hydrogen) atoms. The predicted molar refractivity (Wildman–Crippen MR) is 136 cm³/mol.